The van der Waals surface area contributed by atoms with Crippen LogP contribution in [0.5, 0.6) is 0 Å². The minimum absolute atomic E-state index is 0.244. The third-order valence-electron chi connectivity index (χ3n) is 8.64. The van der Waals surface area contributed by atoms with Crippen molar-refractivity contribution in [1.82, 2.24) is 9.88 Å². The number of hydrogen-bond acceptors (Lipinski definition) is 4. The van der Waals surface area contributed by atoms with Crippen LogP contribution in [0.2, 0.25) is 0 Å². The number of piperidine rings is 1. The van der Waals surface area contributed by atoms with Crippen LogP contribution in [-0.2, 0) is 15.8 Å². The Labute approximate surface area is 186 Å². The van der Waals surface area contributed by atoms with Gasteiger partial charge in [-0.2, -0.15) is 5.26 Å². The van der Waals surface area contributed by atoms with Crippen molar-refractivity contribution in [3.05, 3.63) is 65.5 Å². The fraction of sp³-hybridized carbons (Fsp3) is 0.556. The molecule has 0 N–H and O–H groups in total. The number of hydrogen-bond donors (Lipinski definition) is 0. The van der Waals surface area contributed by atoms with E-state index in [9.17, 15) is 5.26 Å². The largest absolute Gasteiger partial charge is 0.373 e. The maximum absolute atomic E-state index is 9.39. The molecule has 2 heterocycles. The summed E-state index contributed by atoms with van der Waals surface area (Å²) in [6.07, 6.45) is 7.81. The van der Waals surface area contributed by atoms with Crippen LogP contribution in [0.15, 0.2) is 48.7 Å². The molecule has 5 rings (SSSR count). The number of pyridine rings is 1. The Balaban J connectivity index is 1.41. The molecule has 2 saturated carbocycles. The first kappa shape index (κ1) is 20.7. The second-order valence-corrected chi connectivity index (χ2v) is 10.5. The van der Waals surface area contributed by atoms with Crippen LogP contribution in [0.3, 0.4) is 0 Å². The lowest BCUT2D eigenvalue weighted by molar-refractivity contribution is -0.194. The SMILES string of the molecule is COC1(c2ccnc(C#N)c2)C2CCCC1CN(C1(C)CC(C)(c3ccccc3)C1)C2. The molecule has 0 amide bonds. The summed E-state index contributed by atoms with van der Waals surface area (Å²) in [4.78, 5) is 6.98. The molecule has 31 heavy (non-hydrogen) atoms. The highest BCUT2D eigenvalue weighted by Gasteiger charge is 2.59. The Bertz CT molecular complexity index is 975. The van der Waals surface area contributed by atoms with Gasteiger partial charge in [0.05, 0.1) is 0 Å². The average molecular weight is 416 g/mol. The summed E-state index contributed by atoms with van der Waals surface area (Å²) in [7, 11) is 1.87. The highest BCUT2D eigenvalue weighted by Crippen LogP contribution is 2.58. The Morgan fingerprint density at radius 1 is 1.03 bits per heavy atom. The highest BCUT2D eigenvalue weighted by atomic mass is 16.5. The van der Waals surface area contributed by atoms with E-state index in [-0.39, 0.29) is 16.6 Å². The van der Waals surface area contributed by atoms with E-state index in [0.29, 0.717) is 17.5 Å². The zero-order valence-corrected chi connectivity index (χ0v) is 19.0. The van der Waals surface area contributed by atoms with E-state index in [2.05, 4.69) is 66.2 Å². The number of nitriles is 1. The fourth-order valence-electron chi connectivity index (χ4n) is 7.43. The van der Waals surface area contributed by atoms with Gasteiger partial charge in [0.1, 0.15) is 17.4 Å². The Morgan fingerprint density at radius 2 is 1.71 bits per heavy atom. The molecule has 4 heteroatoms. The van der Waals surface area contributed by atoms with E-state index in [1.807, 2.05) is 13.2 Å². The minimum atomic E-state index is -0.299. The lowest BCUT2D eigenvalue weighted by atomic mass is 9.54. The summed E-state index contributed by atoms with van der Waals surface area (Å²) in [6, 6.07) is 17.3. The molecule has 2 unspecified atom stereocenters. The van der Waals surface area contributed by atoms with Gasteiger partial charge in [0.25, 0.3) is 0 Å². The van der Waals surface area contributed by atoms with Crippen molar-refractivity contribution in [2.45, 2.75) is 62.5 Å². The summed E-state index contributed by atoms with van der Waals surface area (Å²) < 4.78 is 6.39. The molecule has 0 radical (unpaired) electrons. The predicted molar refractivity (Wildman–Crippen MR) is 121 cm³/mol. The second kappa shape index (κ2) is 7.43. The van der Waals surface area contributed by atoms with Crippen molar-refractivity contribution in [1.29, 1.82) is 5.26 Å². The molecule has 3 aliphatic rings. The Morgan fingerprint density at radius 3 is 2.32 bits per heavy atom. The number of ether oxygens (including phenoxy) is 1. The molecular formula is C27H33N3O. The third kappa shape index (κ3) is 3.13. The van der Waals surface area contributed by atoms with Crippen LogP contribution in [0, 0.1) is 23.2 Å². The Kier molecular flexibility index (Phi) is 4.95. The summed E-state index contributed by atoms with van der Waals surface area (Å²) in [5.74, 6) is 0.888. The van der Waals surface area contributed by atoms with Crippen molar-refractivity contribution in [2.75, 3.05) is 20.2 Å². The first-order valence-electron chi connectivity index (χ1n) is 11.7. The molecule has 1 aromatic carbocycles. The van der Waals surface area contributed by atoms with Gasteiger partial charge in [-0.3, -0.25) is 4.90 Å². The van der Waals surface area contributed by atoms with Crippen LogP contribution in [0.4, 0.5) is 0 Å². The lowest BCUT2D eigenvalue weighted by Gasteiger charge is -2.64. The average Bonchev–Trinajstić information content (AvgIpc) is 2.77. The standard InChI is InChI=1S/C27H33N3O/c1-25(20-8-5-4-6-9-20)18-26(2,19-25)30-16-22-10-7-11-23(17-30)27(22,31-3)21-12-13-29-24(14-21)15-28/h4-6,8-9,12-14,22-23H,7,10-11,16-19H2,1-3H3. The van der Waals surface area contributed by atoms with Crippen LogP contribution in [0.25, 0.3) is 0 Å². The first-order chi connectivity index (χ1) is 14.9. The third-order valence-corrected chi connectivity index (χ3v) is 8.64. The topological polar surface area (TPSA) is 49.1 Å². The van der Waals surface area contributed by atoms with Crippen molar-refractivity contribution >= 4 is 0 Å². The van der Waals surface area contributed by atoms with Crippen LogP contribution < -0.4 is 0 Å². The lowest BCUT2D eigenvalue weighted by Crippen LogP contribution is -2.68. The van der Waals surface area contributed by atoms with Gasteiger partial charge in [-0.25, -0.2) is 4.98 Å². The molecule has 1 aromatic heterocycles. The number of aromatic nitrogens is 1. The number of nitrogens with zero attached hydrogens (tertiary/aromatic N) is 3. The number of fused-ring (bicyclic) bond motifs is 2. The maximum atomic E-state index is 9.39. The maximum Gasteiger partial charge on any atom is 0.140 e. The van der Waals surface area contributed by atoms with Gasteiger partial charge in [-0.1, -0.05) is 43.7 Å². The molecule has 1 aliphatic heterocycles. The fourth-order valence-corrected chi connectivity index (χ4v) is 7.43. The second-order valence-electron chi connectivity index (χ2n) is 10.5. The number of rotatable bonds is 4. The van der Waals surface area contributed by atoms with Gasteiger partial charge < -0.3 is 4.74 Å². The van der Waals surface area contributed by atoms with Gasteiger partial charge >= 0.3 is 0 Å². The van der Waals surface area contributed by atoms with Crippen LogP contribution in [0.1, 0.15) is 62.8 Å². The van der Waals surface area contributed by atoms with E-state index >= 15 is 0 Å². The van der Waals surface area contributed by atoms with Gasteiger partial charge in [-0.15, -0.1) is 0 Å². The van der Waals surface area contributed by atoms with Crippen LogP contribution >= 0.6 is 0 Å². The molecule has 2 bridgehead atoms. The predicted octanol–water partition coefficient (Wildman–Crippen LogP) is 5.04. The number of methoxy groups -OCH3 is 1. The van der Waals surface area contributed by atoms with E-state index in [0.717, 1.165) is 18.7 Å². The normalized spacial score (nSPS) is 37.6. The first-order valence-corrected chi connectivity index (χ1v) is 11.7. The molecular weight excluding hydrogens is 382 g/mol. The van der Waals surface area contributed by atoms with Crippen molar-refractivity contribution in [3.63, 3.8) is 0 Å². The molecule has 3 fully saturated rings. The van der Waals surface area contributed by atoms with E-state index in [1.165, 1.54) is 37.7 Å². The zero-order valence-electron chi connectivity index (χ0n) is 19.0. The summed E-state index contributed by atoms with van der Waals surface area (Å²) in [5, 5.41) is 9.39. The molecule has 2 aliphatic carbocycles. The van der Waals surface area contributed by atoms with Gasteiger partial charge in [-0.05, 0) is 61.3 Å². The molecule has 162 valence electrons. The number of benzene rings is 1. The summed E-state index contributed by atoms with van der Waals surface area (Å²) in [6.45, 7) is 7.02. The minimum Gasteiger partial charge on any atom is -0.373 e. The van der Waals surface area contributed by atoms with E-state index in [4.69, 9.17) is 4.74 Å². The van der Waals surface area contributed by atoms with Gasteiger partial charge in [0.15, 0.2) is 0 Å². The molecule has 1 saturated heterocycles. The number of likely N-dealkylation sites (tertiary alicyclic amines) is 1. The van der Waals surface area contributed by atoms with Crippen molar-refractivity contribution < 1.29 is 4.74 Å². The molecule has 4 nitrogen and oxygen atoms in total. The zero-order chi connectivity index (χ0) is 21.7. The monoisotopic (exact) mass is 415 g/mol. The summed E-state index contributed by atoms with van der Waals surface area (Å²) >= 11 is 0. The Hall–Kier alpha value is -2.22. The van der Waals surface area contributed by atoms with Gasteiger partial charge in [0, 0.05) is 43.8 Å². The van der Waals surface area contributed by atoms with E-state index < -0.39 is 0 Å². The molecule has 2 atom stereocenters. The van der Waals surface area contributed by atoms with Crippen LogP contribution in [-0.4, -0.2) is 35.6 Å². The quantitative estimate of drug-likeness (QED) is 0.702. The highest BCUT2D eigenvalue weighted by molar-refractivity contribution is 5.34. The van der Waals surface area contributed by atoms with E-state index in [1.54, 1.807) is 6.20 Å². The van der Waals surface area contributed by atoms with Crippen molar-refractivity contribution in [2.24, 2.45) is 11.8 Å². The molecule has 2 aromatic rings. The molecule has 0 spiro atoms. The van der Waals surface area contributed by atoms with Gasteiger partial charge in [0.2, 0.25) is 0 Å². The van der Waals surface area contributed by atoms with Crippen molar-refractivity contribution in [3.8, 4) is 6.07 Å². The smallest absolute Gasteiger partial charge is 0.140 e. The summed E-state index contributed by atoms with van der Waals surface area (Å²) in [5.41, 5.74) is 3.31.